The molecular formula is C13H24N3O5P. The van der Waals surface area contributed by atoms with Gasteiger partial charge in [0.25, 0.3) is 0 Å². The number of hydrogen-bond donors (Lipinski definition) is 0. The molecule has 2 heterocycles. The summed E-state index contributed by atoms with van der Waals surface area (Å²) in [5, 5.41) is 3.57. The van der Waals surface area contributed by atoms with Crippen molar-refractivity contribution in [1.82, 2.24) is 0 Å². The third-order valence-corrected chi connectivity index (χ3v) is 4.44. The van der Waals surface area contributed by atoms with E-state index in [1.165, 1.54) is 0 Å². The van der Waals surface area contributed by atoms with Crippen molar-refractivity contribution in [2.45, 2.75) is 57.1 Å². The number of rotatable bonds is 6. The number of fused-ring (bicyclic) bond motifs is 1. The van der Waals surface area contributed by atoms with Crippen LogP contribution in [0.4, 0.5) is 0 Å². The summed E-state index contributed by atoms with van der Waals surface area (Å²) in [6, 6.07) is 0. The Morgan fingerprint density at radius 3 is 2.59 bits per heavy atom. The van der Waals surface area contributed by atoms with E-state index < -0.39 is 37.0 Å². The molecule has 126 valence electrons. The second-order valence-corrected chi connectivity index (χ2v) is 10.0. The van der Waals surface area contributed by atoms with Gasteiger partial charge >= 0.3 is 0 Å². The Hall–Kier alpha value is -0.620. The van der Waals surface area contributed by atoms with Gasteiger partial charge in [-0.05, 0) is 32.7 Å². The molecule has 0 unspecified atom stereocenters. The van der Waals surface area contributed by atoms with Gasteiger partial charge in [-0.3, -0.25) is 0 Å². The molecule has 2 aliphatic heterocycles. The highest BCUT2D eigenvalue weighted by Crippen LogP contribution is 2.49. The van der Waals surface area contributed by atoms with Crippen LogP contribution in [0.2, 0.25) is 0 Å². The monoisotopic (exact) mass is 333 g/mol. The third-order valence-electron chi connectivity index (χ3n) is 3.67. The van der Waals surface area contributed by atoms with Crippen LogP contribution in [0.5, 0.6) is 0 Å². The van der Waals surface area contributed by atoms with E-state index in [0.717, 1.165) is 0 Å². The minimum absolute atomic E-state index is 0.115. The van der Waals surface area contributed by atoms with E-state index in [0.29, 0.717) is 6.42 Å². The summed E-state index contributed by atoms with van der Waals surface area (Å²) in [6.45, 7) is 9.01. The van der Waals surface area contributed by atoms with E-state index in [1.54, 1.807) is 13.3 Å². The van der Waals surface area contributed by atoms with Crippen LogP contribution in [-0.2, 0) is 23.5 Å². The van der Waals surface area contributed by atoms with E-state index in [4.69, 9.17) is 24.5 Å². The lowest BCUT2D eigenvalue weighted by atomic mass is 10.0. The fourth-order valence-corrected chi connectivity index (χ4v) is 3.43. The lowest BCUT2D eigenvalue weighted by Gasteiger charge is -2.27. The van der Waals surface area contributed by atoms with Gasteiger partial charge in [0.1, 0.15) is 19.3 Å². The molecule has 0 aliphatic carbocycles. The molecule has 9 heteroatoms. The molecule has 0 aromatic carbocycles. The maximum Gasteiger partial charge on any atom is 0.200 e. The van der Waals surface area contributed by atoms with Crippen LogP contribution < -0.4 is 0 Å². The quantitative estimate of drug-likeness (QED) is 0.322. The number of azide groups is 1. The third kappa shape index (κ3) is 3.65. The van der Waals surface area contributed by atoms with Crippen molar-refractivity contribution in [2.24, 2.45) is 5.11 Å². The van der Waals surface area contributed by atoms with Gasteiger partial charge in [-0.1, -0.05) is 12.0 Å². The molecule has 0 aromatic rings. The summed E-state index contributed by atoms with van der Waals surface area (Å²) >= 11 is 0. The highest BCUT2D eigenvalue weighted by Gasteiger charge is 2.64. The van der Waals surface area contributed by atoms with Crippen LogP contribution in [0.1, 0.15) is 27.2 Å². The smallest absolute Gasteiger partial charge is 0.200 e. The topological polar surface area (TPSA) is 103 Å². The highest BCUT2D eigenvalue weighted by molar-refractivity contribution is 7.62. The van der Waals surface area contributed by atoms with E-state index in [2.05, 4.69) is 10.0 Å². The SMILES string of the molecule is CC[C@@]12O[C@@H](CN=[N+]=[N-])[C@@H](OCP(C)(C)=O)[C@@H]1OC(C)(C)O2. The molecule has 0 amide bonds. The first kappa shape index (κ1) is 17.7. The normalized spacial score (nSPS) is 36.9. The first-order chi connectivity index (χ1) is 10.1. The van der Waals surface area contributed by atoms with Crippen LogP contribution in [0.3, 0.4) is 0 Å². The second-order valence-electron chi connectivity index (χ2n) is 6.61. The lowest BCUT2D eigenvalue weighted by molar-refractivity contribution is -0.263. The first-order valence-corrected chi connectivity index (χ1v) is 10.1. The van der Waals surface area contributed by atoms with Crippen molar-refractivity contribution in [3.8, 4) is 0 Å². The molecule has 2 rings (SSSR count). The molecule has 0 N–H and O–H groups in total. The molecule has 0 spiro atoms. The average molecular weight is 333 g/mol. The minimum Gasteiger partial charge on any atom is -0.365 e. The van der Waals surface area contributed by atoms with Crippen LogP contribution in [0.25, 0.3) is 10.4 Å². The Labute approximate surface area is 130 Å². The van der Waals surface area contributed by atoms with E-state index in [-0.39, 0.29) is 12.9 Å². The fourth-order valence-electron chi connectivity index (χ4n) is 2.90. The van der Waals surface area contributed by atoms with E-state index >= 15 is 0 Å². The predicted octanol–water partition coefficient (Wildman–Crippen LogP) is 2.92. The summed E-state index contributed by atoms with van der Waals surface area (Å²) in [5.74, 6) is -1.71. The largest absolute Gasteiger partial charge is 0.365 e. The van der Waals surface area contributed by atoms with Crippen molar-refractivity contribution >= 4 is 7.14 Å². The minimum atomic E-state index is -2.35. The summed E-state index contributed by atoms with van der Waals surface area (Å²) < 4.78 is 35.7. The number of hydrogen-bond acceptors (Lipinski definition) is 6. The Kier molecular flexibility index (Phi) is 4.93. The van der Waals surface area contributed by atoms with Crippen molar-refractivity contribution < 1.29 is 23.5 Å². The summed E-state index contributed by atoms with van der Waals surface area (Å²) in [6.07, 6.45) is -0.723. The zero-order valence-corrected chi connectivity index (χ0v) is 14.6. The molecule has 8 nitrogen and oxygen atoms in total. The maximum atomic E-state index is 11.9. The predicted molar refractivity (Wildman–Crippen MR) is 81.1 cm³/mol. The molecule has 22 heavy (non-hydrogen) atoms. The first-order valence-electron chi connectivity index (χ1n) is 7.35. The zero-order chi connectivity index (χ0) is 16.6. The van der Waals surface area contributed by atoms with Gasteiger partial charge in [0.05, 0.1) is 19.0 Å². The second kappa shape index (κ2) is 6.11. The summed E-state index contributed by atoms with van der Waals surface area (Å²) in [5.41, 5.74) is 8.53. The standard InChI is InChI=1S/C13H24N3O5P/c1-6-13-11(20-12(2,3)21-13)10(18-8-22(4,5)17)9(19-13)7-15-16-14/h9-11H,6-8H2,1-5H3/t9-,10+,11-,13-/m0/s1. The van der Waals surface area contributed by atoms with Gasteiger partial charge < -0.3 is 23.5 Å². The number of ether oxygens (including phenoxy) is 4. The molecule has 2 saturated heterocycles. The van der Waals surface area contributed by atoms with Gasteiger partial charge in [-0.15, -0.1) is 0 Å². The lowest BCUT2D eigenvalue weighted by Crippen LogP contribution is -2.41. The maximum absolute atomic E-state index is 11.9. The summed E-state index contributed by atoms with van der Waals surface area (Å²) in [7, 11) is -2.35. The van der Waals surface area contributed by atoms with Crippen LogP contribution >= 0.6 is 7.14 Å². The molecule has 0 aromatic heterocycles. The molecular weight excluding hydrogens is 309 g/mol. The Balaban J connectivity index is 2.23. The van der Waals surface area contributed by atoms with Crippen LogP contribution in [0.15, 0.2) is 5.11 Å². The molecule has 0 saturated carbocycles. The van der Waals surface area contributed by atoms with Gasteiger partial charge in [-0.25, -0.2) is 0 Å². The Morgan fingerprint density at radius 2 is 2.05 bits per heavy atom. The highest BCUT2D eigenvalue weighted by atomic mass is 31.2. The van der Waals surface area contributed by atoms with Crippen molar-refractivity contribution in [1.29, 1.82) is 0 Å². The molecule has 2 aliphatic rings. The molecule has 2 fully saturated rings. The van der Waals surface area contributed by atoms with E-state index in [9.17, 15) is 4.57 Å². The van der Waals surface area contributed by atoms with Crippen molar-refractivity contribution in [3.05, 3.63) is 10.4 Å². The van der Waals surface area contributed by atoms with Crippen LogP contribution in [0, 0.1) is 0 Å². The van der Waals surface area contributed by atoms with Gasteiger partial charge in [0.2, 0.25) is 5.79 Å². The van der Waals surface area contributed by atoms with Crippen LogP contribution in [-0.4, -0.2) is 56.1 Å². The molecule has 0 bridgehead atoms. The van der Waals surface area contributed by atoms with E-state index in [1.807, 2.05) is 20.8 Å². The average Bonchev–Trinajstić information content (AvgIpc) is 2.80. The number of nitrogens with zero attached hydrogens (tertiary/aromatic N) is 3. The van der Waals surface area contributed by atoms with Gasteiger partial charge in [-0.2, -0.15) is 0 Å². The molecule has 0 radical (unpaired) electrons. The fraction of sp³-hybridized carbons (Fsp3) is 1.00. The van der Waals surface area contributed by atoms with Crippen molar-refractivity contribution in [3.63, 3.8) is 0 Å². The Morgan fingerprint density at radius 1 is 1.36 bits per heavy atom. The zero-order valence-electron chi connectivity index (χ0n) is 13.7. The molecule has 4 atom stereocenters. The van der Waals surface area contributed by atoms with Gasteiger partial charge in [0.15, 0.2) is 5.79 Å². The summed E-state index contributed by atoms with van der Waals surface area (Å²) in [4.78, 5) is 2.77. The van der Waals surface area contributed by atoms with Crippen molar-refractivity contribution in [2.75, 3.05) is 26.2 Å². The van der Waals surface area contributed by atoms with Gasteiger partial charge in [0, 0.05) is 11.3 Å². The Bertz CT molecular complexity index is 516.